The number of hydrogen-bond acceptors (Lipinski definition) is 3. The zero-order valence-corrected chi connectivity index (χ0v) is 13.2. The van der Waals surface area contributed by atoms with Crippen molar-refractivity contribution in [2.75, 3.05) is 6.54 Å². The quantitative estimate of drug-likeness (QED) is 0.905. The average molecular weight is 317 g/mol. The van der Waals surface area contributed by atoms with Crippen LogP contribution in [0.5, 0.6) is 0 Å². The van der Waals surface area contributed by atoms with Crippen molar-refractivity contribution in [2.45, 2.75) is 44.8 Å². The van der Waals surface area contributed by atoms with Crippen molar-refractivity contribution in [3.8, 4) is 0 Å². The number of aliphatic carboxylic acids is 1. The van der Waals surface area contributed by atoms with E-state index in [1.165, 1.54) is 24.2 Å². The van der Waals surface area contributed by atoms with Crippen LogP contribution in [0.25, 0.3) is 0 Å². The number of benzene rings is 1. The van der Waals surface area contributed by atoms with Gasteiger partial charge in [0.2, 0.25) is 0 Å². The number of carboxylic acid groups (broad SMARTS) is 1. The van der Waals surface area contributed by atoms with E-state index in [0.29, 0.717) is 13.0 Å². The number of ether oxygens (including phenoxy) is 1. The number of rotatable bonds is 5. The zero-order valence-electron chi connectivity index (χ0n) is 13.2. The van der Waals surface area contributed by atoms with Crippen LogP contribution in [0.1, 0.15) is 37.7 Å². The summed E-state index contributed by atoms with van der Waals surface area (Å²) >= 11 is 0. The Bertz CT molecular complexity index is 555. The monoisotopic (exact) mass is 317 g/mol. The molecule has 1 aromatic carbocycles. The molecule has 124 valence electrons. The normalized spacial score (nSPS) is 24.3. The maximum atomic E-state index is 12.3. The molecule has 5 nitrogen and oxygen atoms in total. The number of carboxylic acids is 1. The van der Waals surface area contributed by atoms with E-state index in [4.69, 9.17) is 4.74 Å². The van der Waals surface area contributed by atoms with Gasteiger partial charge in [0.15, 0.2) is 0 Å². The molecule has 0 bridgehead atoms. The second kappa shape index (κ2) is 7.02. The summed E-state index contributed by atoms with van der Waals surface area (Å²) in [6.45, 7) is 0.677. The largest absolute Gasteiger partial charge is 0.480 e. The van der Waals surface area contributed by atoms with Crippen LogP contribution in [0.3, 0.4) is 0 Å². The summed E-state index contributed by atoms with van der Waals surface area (Å²) in [6, 6.07) is 8.68. The van der Waals surface area contributed by atoms with Gasteiger partial charge in [-0.25, -0.2) is 9.59 Å². The second-order valence-corrected chi connectivity index (χ2v) is 6.68. The van der Waals surface area contributed by atoms with E-state index < -0.39 is 18.1 Å². The van der Waals surface area contributed by atoms with Crippen molar-refractivity contribution in [3.05, 3.63) is 35.9 Å². The van der Waals surface area contributed by atoms with Gasteiger partial charge in [0.25, 0.3) is 0 Å². The topological polar surface area (TPSA) is 66.8 Å². The summed E-state index contributed by atoms with van der Waals surface area (Å²) < 4.78 is 5.31. The van der Waals surface area contributed by atoms with Gasteiger partial charge in [-0.3, -0.25) is 4.90 Å². The molecule has 23 heavy (non-hydrogen) atoms. The molecule has 1 aromatic rings. The first kappa shape index (κ1) is 15.8. The molecule has 0 spiro atoms. The fourth-order valence-electron chi connectivity index (χ4n) is 3.53. The van der Waals surface area contributed by atoms with E-state index in [1.807, 2.05) is 30.3 Å². The lowest BCUT2D eigenvalue weighted by Gasteiger charge is -2.27. The molecule has 0 unspecified atom stereocenters. The van der Waals surface area contributed by atoms with Crippen molar-refractivity contribution in [2.24, 2.45) is 11.8 Å². The minimum atomic E-state index is -0.933. The predicted molar refractivity (Wildman–Crippen MR) is 84.8 cm³/mol. The smallest absolute Gasteiger partial charge is 0.410 e. The van der Waals surface area contributed by atoms with E-state index in [-0.39, 0.29) is 12.5 Å². The highest BCUT2D eigenvalue weighted by molar-refractivity contribution is 5.80. The Balaban J connectivity index is 1.56. The van der Waals surface area contributed by atoms with Gasteiger partial charge in [-0.15, -0.1) is 0 Å². The van der Waals surface area contributed by atoms with E-state index >= 15 is 0 Å². The first-order valence-electron chi connectivity index (χ1n) is 8.33. The first-order chi connectivity index (χ1) is 11.1. The van der Waals surface area contributed by atoms with Crippen LogP contribution in [-0.2, 0) is 16.1 Å². The summed E-state index contributed by atoms with van der Waals surface area (Å²) in [5, 5.41) is 9.39. The Labute approximate surface area is 136 Å². The highest BCUT2D eigenvalue weighted by atomic mass is 16.6. The molecule has 1 heterocycles. The third kappa shape index (κ3) is 3.84. The maximum absolute atomic E-state index is 12.3. The number of carbonyl (C=O) groups excluding carboxylic acids is 1. The summed E-state index contributed by atoms with van der Waals surface area (Å²) in [5.74, 6) is 0.0678. The minimum Gasteiger partial charge on any atom is -0.480 e. The Hall–Kier alpha value is -2.04. The SMILES string of the molecule is O=C(O)[C@@H]1C[C@H](CC2CCC2)CN1C(=O)OCc1ccccc1. The van der Waals surface area contributed by atoms with Gasteiger partial charge in [-0.2, -0.15) is 0 Å². The zero-order chi connectivity index (χ0) is 16.2. The molecule has 5 heteroatoms. The first-order valence-corrected chi connectivity index (χ1v) is 8.33. The van der Waals surface area contributed by atoms with E-state index in [1.54, 1.807) is 0 Å². The van der Waals surface area contributed by atoms with Gasteiger partial charge in [0.1, 0.15) is 12.6 Å². The summed E-state index contributed by atoms with van der Waals surface area (Å²) in [7, 11) is 0. The molecule has 1 aliphatic carbocycles. The molecule has 0 radical (unpaired) electrons. The molecule has 1 N–H and O–H groups in total. The third-order valence-electron chi connectivity index (χ3n) is 5.00. The second-order valence-electron chi connectivity index (χ2n) is 6.68. The maximum Gasteiger partial charge on any atom is 0.410 e. The number of amides is 1. The van der Waals surface area contributed by atoms with Crippen LogP contribution in [-0.4, -0.2) is 34.7 Å². The third-order valence-corrected chi connectivity index (χ3v) is 5.00. The van der Waals surface area contributed by atoms with Crippen LogP contribution < -0.4 is 0 Å². The van der Waals surface area contributed by atoms with Gasteiger partial charge < -0.3 is 9.84 Å². The lowest BCUT2D eigenvalue weighted by molar-refractivity contribution is -0.141. The van der Waals surface area contributed by atoms with E-state index in [0.717, 1.165) is 17.9 Å². The average Bonchev–Trinajstić information content (AvgIpc) is 2.94. The summed E-state index contributed by atoms with van der Waals surface area (Å²) in [5.41, 5.74) is 0.901. The van der Waals surface area contributed by atoms with E-state index in [2.05, 4.69) is 0 Å². The Morgan fingerprint density at radius 3 is 2.52 bits per heavy atom. The molecule has 1 saturated heterocycles. The van der Waals surface area contributed by atoms with Crippen LogP contribution in [0, 0.1) is 11.8 Å². The predicted octanol–water partition coefficient (Wildman–Crippen LogP) is 3.29. The molecular weight excluding hydrogens is 294 g/mol. The molecule has 1 aliphatic heterocycles. The van der Waals surface area contributed by atoms with Crippen LogP contribution in [0.4, 0.5) is 4.79 Å². The Kier molecular flexibility index (Phi) is 4.84. The number of hydrogen-bond donors (Lipinski definition) is 1. The van der Waals surface area contributed by atoms with Gasteiger partial charge in [0, 0.05) is 6.54 Å². The fourth-order valence-corrected chi connectivity index (χ4v) is 3.53. The van der Waals surface area contributed by atoms with Gasteiger partial charge in [0.05, 0.1) is 0 Å². The Morgan fingerprint density at radius 1 is 1.17 bits per heavy atom. The van der Waals surface area contributed by atoms with Gasteiger partial charge >= 0.3 is 12.1 Å². The minimum absolute atomic E-state index is 0.176. The Morgan fingerprint density at radius 2 is 1.91 bits per heavy atom. The number of carbonyl (C=O) groups is 2. The highest BCUT2D eigenvalue weighted by Gasteiger charge is 2.41. The fraction of sp³-hybridized carbons (Fsp3) is 0.556. The molecule has 0 aromatic heterocycles. The van der Waals surface area contributed by atoms with Gasteiger partial charge in [-0.1, -0.05) is 49.6 Å². The van der Waals surface area contributed by atoms with Crippen LogP contribution >= 0.6 is 0 Å². The van der Waals surface area contributed by atoms with Crippen molar-refractivity contribution < 1.29 is 19.4 Å². The summed E-state index contributed by atoms with van der Waals surface area (Å²) in [4.78, 5) is 25.1. The number of nitrogens with zero attached hydrogens (tertiary/aromatic N) is 1. The van der Waals surface area contributed by atoms with Crippen LogP contribution in [0.2, 0.25) is 0 Å². The molecule has 3 rings (SSSR count). The highest BCUT2D eigenvalue weighted by Crippen LogP contribution is 2.37. The van der Waals surface area contributed by atoms with Crippen LogP contribution in [0.15, 0.2) is 30.3 Å². The number of likely N-dealkylation sites (tertiary alicyclic amines) is 1. The molecular formula is C18H23NO4. The molecule has 1 amide bonds. The molecule has 2 aliphatic rings. The van der Waals surface area contributed by atoms with Crippen molar-refractivity contribution >= 4 is 12.1 Å². The van der Waals surface area contributed by atoms with E-state index in [9.17, 15) is 14.7 Å². The molecule has 1 saturated carbocycles. The standard InChI is InChI=1S/C18H23NO4/c20-17(21)16-10-15(9-13-7-4-8-13)11-19(16)18(22)23-12-14-5-2-1-3-6-14/h1-3,5-6,13,15-16H,4,7-12H2,(H,20,21)/t15-,16-/m0/s1. The lowest BCUT2D eigenvalue weighted by atomic mass is 9.78. The lowest BCUT2D eigenvalue weighted by Crippen LogP contribution is -2.40. The van der Waals surface area contributed by atoms with Crippen molar-refractivity contribution in [1.29, 1.82) is 0 Å². The van der Waals surface area contributed by atoms with Crippen molar-refractivity contribution in [1.82, 2.24) is 4.90 Å². The molecule has 2 atom stereocenters. The summed E-state index contributed by atoms with van der Waals surface area (Å²) in [6.07, 6.45) is 4.83. The van der Waals surface area contributed by atoms with Gasteiger partial charge in [-0.05, 0) is 30.2 Å². The molecule has 2 fully saturated rings. The van der Waals surface area contributed by atoms with Crippen molar-refractivity contribution in [3.63, 3.8) is 0 Å².